The fraction of sp³-hybridized carbons (Fsp3) is 0.263. The molecule has 146 valence electrons. The number of fused-ring (bicyclic) bond motifs is 1. The fourth-order valence-electron chi connectivity index (χ4n) is 2.52. The van der Waals surface area contributed by atoms with E-state index in [1.807, 2.05) is 0 Å². The summed E-state index contributed by atoms with van der Waals surface area (Å²) in [5.41, 5.74) is 1.000. The van der Waals surface area contributed by atoms with Gasteiger partial charge in [0.2, 0.25) is 0 Å². The minimum atomic E-state index is -0.554. The maximum absolute atomic E-state index is 13.0. The van der Waals surface area contributed by atoms with Crippen LogP contribution >= 0.6 is 23.1 Å². The highest BCUT2D eigenvalue weighted by molar-refractivity contribution is 7.99. The Bertz CT molecular complexity index is 1060. The minimum absolute atomic E-state index is 0.0110. The van der Waals surface area contributed by atoms with E-state index in [4.69, 9.17) is 9.47 Å². The Morgan fingerprint density at radius 1 is 1.21 bits per heavy atom. The van der Waals surface area contributed by atoms with Crippen molar-refractivity contribution in [3.8, 4) is 11.4 Å². The first-order chi connectivity index (χ1) is 13.5. The fourth-order valence-corrected chi connectivity index (χ4v) is 4.15. The third-order valence-electron chi connectivity index (χ3n) is 3.79. The summed E-state index contributed by atoms with van der Waals surface area (Å²) >= 11 is 2.44. The normalized spacial score (nSPS) is 10.8. The average molecular weight is 418 g/mol. The van der Waals surface area contributed by atoms with E-state index in [0.717, 1.165) is 11.8 Å². The number of nitrogens with zero attached hydrogens (tertiary/aromatic N) is 2. The largest absolute Gasteiger partial charge is 0.497 e. The summed E-state index contributed by atoms with van der Waals surface area (Å²) in [6, 6.07) is 8.78. The maximum atomic E-state index is 13.0. The molecule has 0 bridgehead atoms. The van der Waals surface area contributed by atoms with Gasteiger partial charge in [-0.15, -0.1) is 11.3 Å². The molecule has 0 atom stereocenters. The lowest BCUT2D eigenvalue weighted by Crippen LogP contribution is -2.21. The van der Waals surface area contributed by atoms with Gasteiger partial charge in [-0.05, 0) is 42.6 Å². The van der Waals surface area contributed by atoms with E-state index in [-0.39, 0.29) is 30.1 Å². The van der Waals surface area contributed by atoms with Gasteiger partial charge in [-0.25, -0.2) is 4.98 Å². The highest BCUT2D eigenvalue weighted by Crippen LogP contribution is 2.24. The van der Waals surface area contributed by atoms with E-state index in [0.29, 0.717) is 26.8 Å². The molecule has 9 heteroatoms. The molecular formula is C19H18N2O5S2. The van der Waals surface area contributed by atoms with Crippen molar-refractivity contribution in [3.05, 3.63) is 46.1 Å². The monoisotopic (exact) mass is 418 g/mol. The number of esters is 1. The molecule has 28 heavy (non-hydrogen) atoms. The van der Waals surface area contributed by atoms with Crippen LogP contribution in [0.3, 0.4) is 0 Å². The average Bonchev–Trinajstić information content (AvgIpc) is 3.16. The van der Waals surface area contributed by atoms with Crippen LogP contribution in [-0.4, -0.2) is 40.8 Å². The number of carbonyl (C=O) groups excluding carboxylic acids is 2. The maximum Gasteiger partial charge on any atom is 0.313 e. The molecule has 7 nitrogen and oxygen atoms in total. The zero-order valence-corrected chi connectivity index (χ0v) is 17.0. The topological polar surface area (TPSA) is 87.5 Å². The Morgan fingerprint density at radius 2 is 1.96 bits per heavy atom. The van der Waals surface area contributed by atoms with Crippen molar-refractivity contribution in [3.63, 3.8) is 0 Å². The molecule has 0 aliphatic carbocycles. The van der Waals surface area contributed by atoms with Gasteiger partial charge in [-0.3, -0.25) is 19.0 Å². The van der Waals surface area contributed by atoms with Crippen LogP contribution in [0.5, 0.6) is 5.75 Å². The summed E-state index contributed by atoms with van der Waals surface area (Å²) in [6.07, 6.45) is -0.297. The van der Waals surface area contributed by atoms with Gasteiger partial charge in [0.05, 0.1) is 30.7 Å². The van der Waals surface area contributed by atoms with Crippen molar-refractivity contribution in [2.24, 2.45) is 0 Å². The molecule has 0 unspecified atom stereocenters. The Morgan fingerprint density at radius 3 is 2.64 bits per heavy atom. The number of methoxy groups -OCH3 is 1. The predicted molar refractivity (Wildman–Crippen MR) is 109 cm³/mol. The molecular weight excluding hydrogens is 400 g/mol. The van der Waals surface area contributed by atoms with Crippen molar-refractivity contribution in [1.29, 1.82) is 0 Å². The van der Waals surface area contributed by atoms with Gasteiger partial charge in [0.15, 0.2) is 10.9 Å². The Labute approximate surface area is 169 Å². The van der Waals surface area contributed by atoms with Gasteiger partial charge in [-0.2, -0.15) is 0 Å². The van der Waals surface area contributed by atoms with Crippen LogP contribution in [0.1, 0.15) is 13.3 Å². The number of benzene rings is 1. The zero-order chi connectivity index (χ0) is 20.1. The van der Waals surface area contributed by atoms with Crippen LogP contribution < -0.4 is 10.3 Å². The third kappa shape index (κ3) is 4.42. The van der Waals surface area contributed by atoms with Gasteiger partial charge in [-0.1, -0.05) is 11.8 Å². The molecule has 0 aliphatic rings. The van der Waals surface area contributed by atoms with Gasteiger partial charge in [0, 0.05) is 0 Å². The molecule has 2 heterocycles. The van der Waals surface area contributed by atoms with E-state index in [1.165, 1.54) is 15.9 Å². The molecule has 0 radical (unpaired) electrons. The summed E-state index contributed by atoms with van der Waals surface area (Å²) in [4.78, 5) is 41.1. The summed E-state index contributed by atoms with van der Waals surface area (Å²) in [7, 11) is 1.57. The smallest absolute Gasteiger partial charge is 0.313 e. The quantitative estimate of drug-likeness (QED) is 0.240. The van der Waals surface area contributed by atoms with Crippen LogP contribution in [0.2, 0.25) is 0 Å². The molecule has 0 amide bonds. The first-order valence-electron chi connectivity index (χ1n) is 8.48. The van der Waals surface area contributed by atoms with Crippen LogP contribution in [-0.2, 0) is 14.3 Å². The van der Waals surface area contributed by atoms with Crippen molar-refractivity contribution in [1.82, 2.24) is 9.55 Å². The number of thioether (sulfide) groups is 1. The summed E-state index contributed by atoms with van der Waals surface area (Å²) < 4.78 is 12.0. The number of hydrogen-bond donors (Lipinski definition) is 0. The number of rotatable bonds is 8. The van der Waals surface area contributed by atoms with Crippen molar-refractivity contribution in [2.45, 2.75) is 18.5 Å². The van der Waals surface area contributed by atoms with E-state index in [2.05, 4.69) is 4.98 Å². The number of carbonyl (C=O) groups is 2. The van der Waals surface area contributed by atoms with E-state index >= 15 is 0 Å². The molecule has 2 aromatic heterocycles. The number of thiophene rings is 1. The second-order valence-corrected chi connectivity index (χ2v) is 7.54. The number of aromatic nitrogens is 2. The Kier molecular flexibility index (Phi) is 6.48. The predicted octanol–water partition coefficient (Wildman–Crippen LogP) is 3.07. The number of Topliss-reactive ketones (excluding diaryl/α,β-unsaturated/α-hetero) is 1. The van der Waals surface area contributed by atoms with Crippen LogP contribution in [0, 0.1) is 0 Å². The number of hydrogen-bond acceptors (Lipinski definition) is 8. The lowest BCUT2D eigenvalue weighted by atomic mass is 10.3. The molecule has 0 fully saturated rings. The van der Waals surface area contributed by atoms with E-state index < -0.39 is 5.97 Å². The van der Waals surface area contributed by atoms with Crippen molar-refractivity contribution in [2.75, 3.05) is 19.5 Å². The highest BCUT2D eigenvalue weighted by atomic mass is 32.2. The Balaban J connectivity index is 1.93. The first kappa shape index (κ1) is 20.1. The summed E-state index contributed by atoms with van der Waals surface area (Å²) in [5, 5.41) is 2.19. The molecule has 0 spiro atoms. The molecule has 3 rings (SSSR count). The van der Waals surface area contributed by atoms with Crippen molar-refractivity contribution < 1.29 is 19.1 Å². The van der Waals surface area contributed by atoms with Gasteiger partial charge in [0.1, 0.15) is 16.9 Å². The SMILES string of the molecule is CCOC(=O)CC(=O)CSc1nc2ccsc2c(=O)n1-c1ccc(OC)cc1. The first-order valence-corrected chi connectivity index (χ1v) is 10.3. The Hall–Kier alpha value is -2.65. The molecule has 0 N–H and O–H groups in total. The molecule has 3 aromatic rings. The highest BCUT2D eigenvalue weighted by Gasteiger charge is 2.17. The molecule has 0 saturated heterocycles. The standard InChI is InChI=1S/C19H18N2O5S2/c1-3-26-16(23)10-13(22)11-28-19-20-15-8-9-27-17(15)18(24)21(19)12-4-6-14(25-2)7-5-12/h4-9H,3,10-11H2,1-2H3. The van der Waals surface area contributed by atoms with E-state index in [1.54, 1.807) is 49.7 Å². The van der Waals surface area contributed by atoms with Crippen molar-refractivity contribution >= 4 is 45.1 Å². The second kappa shape index (κ2) is 9.03. The molecule has 0 aliphatic heterocycles. The molecule has 0 saturated carbocycles. The number of ketones is 1. The summed E-state index contributed by atoms with van der Waals surface area (Å²) in [6.45, 7) is 1.91. The van der Waals surface area contributed by atoms with Gasteiger partial charge < -0.3 is 9.47 Å². The second-order valence-electron chi connectivity index (χ2n) is 5.68. The van der Waals surface area contributed by atoms with Crippen LogP contribution in [0.4, 0.5) is 0 Å². The van der Waals surface area contributed by atoms with E-state index in [9.17, 15) is 14.4 Å². The lowest BCUT2D eigenvalue weighted by Gasteiger charge is -2.12. The third-order valence-corrected chi connectivity index (χ3v) is 5.68. The van der Waals surface area contributed by atoms with Crippen LogP contribution in [0.15, 0.2) is 45.7 Å². The van der Waals surface area contributed by atoms with Crippen LogP contribution in [0.25, 0.3) is 15.9 Å². The van der Waals surface area contributed by atoms with Gasteiger partial charge >= 0.3 is 5.97 Å². The zero-order valence-electron chi connectivity index (χ0n) is 15.3. The number of ether oxygens (including phenoxy) is 2. The van der Waals surface area contributed by atoms with Gasteiger partial charge in [0.25, 0.3) is 5.56 Å². The molecule has 1 aromatic carbocycles. The minimum Gasteiger partial charge on any atom is -0.497 e. The summed E-state index contributed by atoms with van der Waals surface area (Å²) in [5.74, 6) is -0.163. The lowest BCUT2D eigenvalue weighted by molar-refractivity contribution is -0.145.